The summed E-state index contributed by atoms with van der Waals surface area (Å²) in [5.74, 6) is 0. The summed E-state index contributed by atoms with van der Waals surface area (Å²) in [5.41, 5.74) is 7.14. The van der Waals surface area contributed by atoms with Crippen molar-refractivity contribution in [1.82, 2.24) is 0 Å². The fourth-order valence-electron chi connectivity index (χ4n) is 1.57. The summed E-state index contributed by atoms with van der Waals surface area (Å²) in [7, 11) is -1.11. The molecule has 0 spiro atoms. The van der Waals surface area contributed by atoms with Crippen LogP contribution in [-0.2, 0) is 0 Å². The summed E-state index contributed by atoms with van der Waals surface area (Å²) in [6.45, 7) is 11.6. The molecular weight excluding hydrogens is 174 g/mol. The Kier molecular flexibility index (Phi) is 2.45. The van der Waals surface area contributed by atoms with E-state index in [1.807, 2.05) is 0 Å². The molecular formula is C11H21NSi. The third-order valence-electron chi connectivity index (χ3n) is 2.84. The number of hydrogen-bond donors (Lipinski definition) is 1. The Labute approximate surface area is 82.7 Å². The molecule has 2 N–H and O–H groups in total. The highest BCUT2D eigenvalue weighted by Gasteiger charge is 2.30. The van der Waals surface area contributed by atoms with E-state index in [2.05, 4.69) is 45.6 Å². The quantitative estimate of drug-likeness (QED) is 0.639. The molecule has 0 fully saturated rings. The maximum Gasteiger partial charge on any atom is 0.0724 e. The van der Waals surface area contributed by atoms with Gasteiger partial charge in [0.25, 0.3) is 0 Å². The first kappa shape index (κ1) is 10.6. The first-order chi connectivity index (χ1) is 5.73. The Morgan fingerprint density at radius 1 is 1.23 bits per heavy atom. The molecule has 1 nitrogen and oxygen atoms in total. The fraction of sp³-hybridized carbons (Fsp3) is 0.636. The van der Waals surface area contributed by atoms with Gasteiger partial charge in [-0.3, -0.25) is 0 Å². The molecule has 1 rings (SSSR count). The highest BCUT2D eigenvalue weighted by Crippen LogP contribution is 2.37. The fourth-order valence-corrected chi connectivity index (χ4v) is 3.12. The summed E-state index contributed by atoms with van der Waals surface area (Å²) < 4.78 is 0. The lowest BCUT2D eigenvalue weighted by Gasteiger charge is -2.34. The zero-order valence-corrected chi connectivity index (χ0v) is 10.4. The van der Waals surface area contributed by atoms with Crippen LogP contribution in [0.15, 0.2) is 23.0 Å². The molecule has 0 heterocycles. The molecule has 0 saturated heterocycles. The van der Waals surface area contributed by atoms with Crippen LogP contribution in [0.4, 0.5) is 0 Å². The highest BCUT2D eigenvalue weighted by molar-refractivity contribution is 6.83. The van der Waals surface area contributed by atoms with Gasteiger partial charge in [0.15, 0.2) is 0 Å². The van der Waals surface area contributed by atoms with Crippen molar-refractivity contribution in [2.75, 3.05) is 0 Å². The topological polar surface area (TPSA) is 26.0 Å². The lowest BCUT2D eigenvalue weighted by atomic mass is 9.83. The maximum atomic E-state index is 5.95. The maximum absolute atomic E-state index is 5.95. The van der Waals surface area contributed by atoms with E-state index in [0.29, 0.717) is 0 Å². The largest absolute Gasteiger partial charge is 0.402 e. The third kappa shape index (κ3) is 2.24. The average molecular weight is 195 g/mol. The smallest absolute Gasteiger partial charge is 0.0724 e. The van der Waals surface area contributed by atoms with Crippen LogP contribution in [0.2, 0.25) is 19.6 Å². The van der Waals surface area contributed by atoms with Crippen LogP contribution < -0.4 is 5.73 Å². The van der Waals surface area contributed by atoms with Crippen LogP contribution in [0, 0.1) is 5.41 Å². The molecule has 0 unspecified atom stereocenters. The normalized spacial score (nSPS) is 22.2. The van der Waals surface area contributed by atoms with E-state index in [-0.39, 0.29) is 5.41 Å². The molecule has 0 aromatic heterocycles. The Bertz CT molecular complexity index is 266. The standard InChI is InChI=1S/C11H21NSi/c1-11(2)8-9(13(3,4)5)6-7-10(11)12/h6-7H,8,12H2,1-5H3. The predicted octanol–water partition coefficient (Wildman–Crippen LogP) is 3.06. The van der Waals surface area contributed by atoms with Gasteiger partial charge in [-0.2, -0.15) is 0 Å². The number of hydrogen-bond acceptors (Lipinski definition) is 1. The van der Waals surface area contributed by atoms with Gasteiger partial charge in [0, 0.05) is 11.1 Å². The second kappa shape index (κ2) is 3.02. The Balaban J connectivity index is 2.97. The molecule has 13 heavy (non-hydrogen) atoms. The van der Waals surface area contributed by atoms with Crippen molar-refractivity contribution in [3.8, 4) is 0 Å². The highest BCUT2D eigenvalue weighted by atomic mass is 28.3. The molecule has 0 saturated carbocycles. The molecule has 0 amide bonds. The van der Waals surface area contributed by atoms with E-state index < -0.39 is 8.07 Å². The summed E-state index contributed by atoms with van der Waals surface area (Å²) in [4.78, 5) is 0. The molecule has 0 aromatic carbocycles. The predicted molar refractivity (Wildman–Crippen MR) is 62.1 cm³/mol. The van der Waals surface area contributed by atoms with Gasteiger partial charge in [0.2, 0.25) is 0 Å². The average Bonchev–Trinajstić information content (AvgIpc) is 1.92. The van der Waals surface area contributed by atoms with Gasteiger partial charge in [-0.05, 0) is 12.5 Å². The van der Waals surface area contributed by atoms with Gasteiger partial charge in [0.1, 0.15) is 0 Å². The first-order valence-electron chi connectivity index (χ1n) is 4.91. The van der Waals surface area contributed by atoms with Crippen LogP contribution in [0.3, 0.4) is 0 Å². The van der Waals surface area contributed by atoms with E-state index in [4.69, 9.17) is 5.73 Å². The van der Waals surface area contributed by atoms with E-state index in [0.717, 1.165) is 12.1 Å². The van der Waals surface area contributed by atoms with E-state index in [1.54, 1.807) is 5.20 Å². The van der Waals surface area contributed by atoms with E-state index >= 15 is 0 Å². The van der Waals surface area contributed by atoms with Crippen molar-refractivity contribution in [3.63, 3.8) is 0 Å². The van der Waals surface area contributed by atoms with Crippen molar-refractivity contribution in [2.45, 2.75) is 39.9 Å². The van der Waals surface area contributed by atoms with Gasteiger partial charge in [0.05, 0.1) is 8.07 Å². The van der Waals surface area contributed by atoms with Gasteiger partial charge in [-0.15, -0.1) is 0 Å². The van der Waals surface area contributed by atoms with Crippen LogP contribution in [0.1, 0.15) is 20.3 Å². The zero-order chi connectivity index (χ0) is 10.3. The Morgan fingerprint density at radius 2 is 1.77 bits per heavy atom. The molecule has 0 atom stereocenters. The SMILES string of the molecule is CC1(C)CC([Si](C)(C)C)=CC=C1N. The summed E-state index contributed by atoms with van der Waals surface area (Å²) >= 11 is 0. The Morgan fingerprint density at radius 3 is 2.15 bits per heavy atom. The lowest BCUT2D eigenvalue weighted by molar-refractivity contribution is 0.437. The summed E-state index contributed by atoms with van der Waals surface area (Å²) in [6, 6.07) is 0. The molecule has 2 heteroatoms. The van der Waals surface area contributed by atoms with E-state index in [1.165, 1.54) is 0 Å². The van der Waals surface area contributed by atoms with Gasteiger partial charge in [-0.25, -0.2) is 0 Å². The van der Waals surface area contributed by atoms with E-state index in [9.17, 15) is 0 Å². The summed E-state index contributed by atoms with van der Waals surface area (Å²) in [5, 5.41) is 1.63. The van der Waals surface area contributed by atoms with Gasteiger partial charge < -0.3 is 5.73 Å². The molecule has 0 aliphatic heterocycles. The number of nitrogens with two attached hydrogens (primary N) is 1. The van der Waals surface area contributed by atoms with Crippen LogP contribution >= 0.6 is 0 Å². The van der Waals surface area contributed by atoms with Crippen molar-refractivity contribution >= 4 is 8.07 Å². The summed E-state index contributed by atoms with van der Waals surface area (Å²) in [6.07, 6.45) is 5.48. The van der Waals surface area contributed by atoms with Crippen molar-refractivity contribution < 1.29 is 0 Å². The van der Waals surface area contributed by atoms with Gasteiger partial charge >= 0.3 is 0 Å². The second-order valence-electron chi connectivity index (χ2n) is 5.62. The van der Waals surface area contributed by atoms with Crippen LogP contribution in [0.25, 0.3) is 0 Å². The van der Waals surface area contributed by atoms with Crippen molar-refractivity contribution in [3.05, 3.63) is 23.0 Å². The first-order valence-corrected chi connectivity index (χ1v) is 8.41. The Hall–Kier alpha value is -0.503. The van der Waals surface area contributed by atoms with Crippen molar-refractivity contribution in [2.24, 2.45) is 11.1 Å². The minimum Gasteiger partial charge on any atom is -0.402 e. The minimum absolute atomic E-state index is 0.171. The van der Waals surface area contributed by atoms with Crippen LogP contribution in [0.5, 0.6) is 0 Å². The lowest BCUT2D eigenvalue weighted by Crippen LogP contribution is -2.32. The molecule has 1 aliphatic carbocycles. The molecule has 0 bridgehead atoms. The molecule has 0 aromatic rings. The second-order valence-corrected chi connectivity index (χ2v) is 10.8. The van der Waals surface area contributed by atoms with Crippen molar-refractivity contribution in [1.29, 1.82) is 0 Å². The van der Waals surface area contributed by atoms with Gasteiger partial charge in [-0.1, -0.05) is 44.8 Å². The zero-order valence-electron chi connectivity index (χ0n) is 9.44. The number of allylic oxidation sites excluding steroid dienone is 4. The molecule has 1 aliphatic rings. The number of rotatable bonds is 1. The molecule has 74 valence electrons. The minimum atomic E-state index is -1.11. The molecule has 0 radical (unpaired) electrons. The third-order valence-corrected chi connectivity index (χ3v) is 5.11. The van der Waals surface area contributed by atoms with Crippen LogP contribution in [-0.4, -0.2) is 8.07 Å². The monoisotopic (exact) mass is 195 g/mol.